The molecule has 0 spiro atoms. The van der Waals surface area contributed by atoms with E-state index in [1.54, 1.807) is 6.92 Å². The minimum atomic E-state index is -0.564. The lowest BCUT2D eigenvalue weighted by atomic mass is 10.2. The molecule has 180 valence electrons. The van der Waals surface area contributed by atoms with E-state index < -0.39 is 12.1 Å². The molecule has 0 bridgehead atoms. The Morgan fingerprint density at radius 1 is 0.788 bits per heavy atom. The molecule has 1 atom stereocenters. The summed E-state index contributed by atoms with van der Waals surface area (Å²) < 4.78 is 10.6. The SMILES string of the molecule is CCC=CCC=CCC=CCC=CCC=CCC=CCCC(=O)OC1=C(CC)OC(C)C1=O. The van der Waals surface area contributed by atoms with Crippen molar-refractivity contribution in [2.45, 2.75) is 84.7 Å². The zero-order valence-corrected chi connectivity index (χ0v) is 20.5. The fourth-order valence-corrected chi connectivity index (χ4v) is 3.00. The average molecular weight is 453 g/mol. The van der Waals surface area contributed by atoms with Crippen molar-refractivity contribution in [3.8, 4) is 0 Å². The van der Waals surface area contributed by atoms with E-state index in [-0.39, 0.29) is 18.0 Å². The Labute approximate surface area is 200 Å². The molecule has 0 aliphatic carbocycles. The molecule has 4 heteroatoms. The topological polar surface area (TPSA) is 52.6 Å². The second-order valence-electron chi connectivity index (χ2n) is 7.66. The molecule has 4 nitrogen and oxygen atoms in total. The van der Waals surface area contributed by atoms with E-state index in [1.807, 2.05) is 19.1 Å². The second-order valence-corrected chi connectivity index (χ2v) is 7.66. The molecule has 1 aliphatic heterocycles. The fraction of sp³-hybridized carbons (Fsp3) is 0.448. The number of carbonyl (C=O) groups is 2. The summed E-state index contributed by atoms with van der Waals surface area (Å²) in [7, 11) is 0. The minimum Gasteiger partial charge on any atom is -0.483 e. The highest BCUT2D eigenvalue weighted by molar-refractivity contribution is 6.00. The van der Waals surface area contributed by atoms with E-state index in [4.69, 9.17) is 9.47 Å². The highest BCUT2D eigenvalue weighted by Gasteiger charge is 2.33. The third kappa shape index (κ3) is 13.3. The van der Waals surface area contributed by atoms with Crippen LogP contribution in [0.4, 0.5) is 0 Å². The molecule has 0 saturated heterocycles. The third-order valence-electron chi connectivity index (χ3n) is 4.81. The number of rotatable bonds is 16. The Kier molecular flexibility index (Phi) is 15.9. The Bertz CT molecular complexity index is 790. The first-order chi connectivity index (χ1) is 16.1. The lowest BCUT2D eigenvalue weighted by Gasteiger charge is -2.03. The molecular weight excluding hydrogens is 412 g/mol. The maximum Gasteiger partial charge on any atom is 0.311 e. The van der Waals surface area contributed by atoms with Crippen LogP contribution in [-0.2, 0) is 19.1 Å². The largest absolute Gasteiger partial charge is 0.483 e. The van der Waals surface area contributed by atoms with Crippen molar-refractivity contribution in [3.63, 3.8) is 0 Å². The van der Waals surface area contributed by atoms with Gasteiger partial charge in [0, 0.05) is 12.8 Å². The number of carbonyl (C=O) groups excluding carboxylic acids is 2. The quantitative estimate of drug-likeness (QED) is 0.178. The first-order valence-electron chi connectivity index (χ1n) is 12.1. The van der Waals surface area contributed by atoms with Crippen molar-refractivity contribution in [2.24, 2.45) is 0 Å². The summed E-state index contributed by atoms with van der Waals surface area (Å²) in [5, 5.41) is 0. The molecule has 1 heterocycles. The summed E-state index contributed by atoms with van der Waals surface area (Å²) in [6.45, 7) is 5.68. The van der Waals surface area contributed by atoms with Gasteiger partial charge in [0.15, 0.2) is 6.10 Å². The summed E-state index contributed by atoms with van der Waals surface area (Å²) in [4.78, 5) is 23.9. The van der Waals surface area contributed by atoms with Crippen molar-refractivity contribution in [1.29, 1.82) is 0 Å². The van der Waals surface area contributed by atoms with Gasteiger partial charge in [0.25, 0.3) is 0 Å². The van der Waals surface area contributed by atoms with Gasteiger partial charge >= 0.3 is 5.97 Å². The van der Waals surface area contributed by atoms with Crippen LogP contribution in [0.25, 0.3) is 0 Å². The van der Waals surface area contributed by atoms with E-state index >= 15 is 0 Å². The van der Waals surface area contributed by atoms with Crippen LogP contribution in [-0.4, -0.2) is 17.9 Å². The molecule has 0 aromatic rings. The molecule has 0 fully saturated rings. The molecule has 0 amide bonds. The van der Waals surface area contributed by atoms with Crippen LogP contribution in [0.1, 0.15) is 78.6 Å². The zero-order valence-electron chi connectivity index (χ0n) is 20.5. The van der Waals surface area contributed by atoms with Gasteiger partial charge in [0.1, 0.15) is 5.76 Å². The van der Waals surface area contributed by atoms with Gasteiger partial charge in [-0.05, 0) is 51.9 Å². The van der Waals surface area contributed by atoms with E-state index in [2.05, 4.69) is 67.7 Å². The Morgan fingerprint density at radius 2 is 1.24 bits per heavy atom. The van der Waals surface area contributed by atoms with Gasteiger partial charge in [-0.15, -0.1) is 0 Å². The Morgan fingerprint density at radius 3 is 1.70 bits per heavy atom. The van der Waals surface area contributed by atoms with Crippen molar-refractivity contribution >= 4 is 11.8 Å². The number of esters is 1. The first-order valence-corrected chi connectivity index (χ1v) is 12.1. The zero-order chi connectivity index (χ0) is 24.2. The van der Waals surface area contributed by atoms with E-state index in [1.165, 1.54) is 0 Å². The van der Waals surface area contributed by atoms with Gasteiger partial charge in [0.05, 0.1) is 0 Å². The summed E-state index contributed by atoms with van der Waals surface area (Å²) >= 11 is 0. The summed E-state index contributed by atoms with van der Waals surface area (Å²) in [6.07, 6.45) is 32.4. The number of allylic oxidation sites excluding steroid dienone is 13. The van der Waals surface area contributed by atoms with E-state index in [0.29, 0.717) is 18.6 Å². The third-order valence-corrected chi connectivity index (χ3v) is 4.81. The van der Waals surface area contributed by atoms with Crippen LogP contribution in [0.15, 0.2) is 84.4 Å². The predicted octanol–water partition coefficient (Wildman–Crippen LogP) is 7.62. The smallest absolute Gasteiger partial charge is 0.311 e. The maximum absolute atomic E-state index is 12.0. The summed E-state index contributed by atoms with van der Waals surface area (Å²) in [5.41, 5.74) is 0. The number of ketones is 1. The summed E-state index contributed by atoms with van der Waals surface area (Å²) in [5.74, 6) is -0.108. The molecule has 0 N–H and O–H groups in total. The molecule has 0 aromatic heterocycles. The normalized spacial score (nSPS) is 17.3. The second kappa shape index (κ2) is 18.7. The van der Waals surface area contributed by atoms with Crippen molar-refractivity contribution in [2.75, 3.05) is 0 Å². The van der Waals surface area contributed by atoms with Crippen LogP contribution in [0, 0.1) is 0 Å². The molecule has 0 saturated carbocycles. The number of hydrogen-bond acceptors (Lipinski definition) is 4. The molecule has 0 aromatic carbocycles. The number of hydrogen-bond donors (Lipinski definition) is 0. The van der Waals surface area contributed by atoms with Crippen LogP contribution in [0.3, 0.4) is 0 Å². The summed E-state index contributed by atoms with van der Waals surface area (Å²) in [6, 6.07) is 0. The Hall–Kier alpha value is -2.88. The molecule has 1 rings (SSSR count). The van der Waals surface area contributed by atoms with Crippen molar-refractivity contribution in [1.82, 2.24) is 0 Å². The number of Topliss-reactive ketones (excluding diaryl/α,β-unsaturated/α-hetero) is 1. The molecule has 33 heavy (non-hydrogen) atoms. The average Bonchev–Trinajstić information content (AvgIpc) is 3.08. The fourth-order valence-electron chi connectivity index (χ4n) is 3.00. The van der Waals surface area contributed by atoms with Crippen molar-refractivity contribution < 1.29 is 19.1 Å². The lowest BCUT2D eigenvalue weighted by Crippen LogP contribution is -2.16. The first kappa shape index (κ1) is 28.2. The standard InChI is InChI=1S/C29H40O4/c1-4-6-7-8-9-10-11-12-13-14-15-16-17-18-19-20-21-22-23-24-27(30)33-29-26(5-2)32-25(3)28(29)31/h6-7,9-10,12-13,15-16,18-19,21-22,25H,4-5,8,11,14,17,20,23-24H2,1-3H3. The van der Waals surface area contributed by atoms with E-state index in [9.17, 15) is 9.59 Å². The highest BCUT2D eigenvalue weighted by atomic mass is 16.6. The van der Waals surface area contributed by atoms with Crippen LogP contribution < -0.4 is 0 Å². The van der Waals surface area contributed by atoms with Gasteiger partial charge in [-0.25, -0.2) is 0 Å². The maximum atomic E-state index is 12.0. The van der Waals surface area contributed by atoms with Gasteiger partial charge in [-0.3, -0.25) is 9.59 Å². The van der Waals surface area contributed by atoms with Crippen LogP contribution in [0.2, 0.25) is 0 Å². The van der Waals surface area contributed by atoms with Gasteiger partial charge in [-0.1, -0.05) is 86.8 Å². The van der Waals surface area contributed by atoms with Gasteiger partial charge < -0.3 is 9.47 Å². The van der Waals surface area contributed by atoms with E-state index in [0.717, 1.165) is 38.5 Å². The molecule has 1 aliphatic rings. The van der Waals surface area contributed by atoms with Crippen LogP contribution in [0.5, 0.6) is 0 Å². The van der Waals surface area contributed by atoms with Crippen LogP contribution >= 0.6 is 0 Å². The number of ether oxygens (including phenoxy) is 2. The molecular formula is C29H40O4. The Balaban J connectivity index is 2.08. The lowest BCUT2D eigenvalue weighted by molar-refractivity contribution is -0.142. The highest BCUT2D eigenvalue weighted by Crippen LogP contribution is 2.25. The molecule has 0 radical (unpaired) electrons. The molecule has 1 unspecified atom stereocenters. The predicted molar refractivity (Wildman–Crippen MR) is 136 cm³/mol. The minimum absolute atomic E-state index is 0.0813. The van der Waals surface area contributed by atoms with Gasteiger partial charge in [-0.2, -0.15) is 0 Å². The van der Waals surface area contributed by atoms with Crippen molar-refractivity contribution in [3.05, 3.63) is 84.4 Å². The van der Waals surface area contributed by atoms with Gasteiger partial charge in [0.2, 0.25) is 11.5 Å². The monoisotopic (exact) mass is 452 g/mol.